The average molecular weight is 259 g/mol. The molecule has 0 amide bonds. The zero-order valence-electron chi connectivity index (χ0n) is 12.1. The Balaban J connectivity index is 1.66. The number of nitrogens with zero attached hydrogens (tertiary/aromatic N) is 2. The summed E-state index contributed by atoms with van der Waals surface area (Å²) in [6.45, 7) is 2.21. The molecule has 1 aromatic rings. The second-order valence-corrected chi connectivity index (χ2v) is 7.37. The minimum atomic E-state index is 0.375. The van der Waals surface area contributed by atoms with E-state index in [1.54, 1.807) is 0 Å². The van der Waals surface area contributed by atoms with Crippen molar-refractivity contribution in [3.63, 3.8) is 0 Å². The smallest absolute Gasteiger partial charge is 0.0635 e. The first-order chi connectivity index (χ1) is 9.18. The highest BCUT2D eigenvalue weighted by Gasteiger charge is 2.52. The summed E-state index contributed by atoms with van der Waals surface area (Å²) in [6, 6.07) is 0.405. The monoisotopic (exact) mass is 259 g/mol. The van der Waals surface area contributed by atoms with E-state index in [1.807, 2.05) is 7.05 Å². The van der Waals surface area contributed by atoms with Crippen LogP contribution in [0.1, 0.15) is 57.1 Å². The van der Waals surface area contributed by atoms with Crippen LogP contribution >= 0.6 is 0 Å². The van der Waals surface area contributed by atoms with Gasteiger partial charge in [0.15, 0.2) is 0 Å². The van der Waals surface area contributed by atoms with Gasteiger partial charge in [-0.1, -0.05) is 0 Å². The summed E-state index contributed by atoms with van der Waals surface area (Å²) in [5.74, 6) is 2.96. The topological polar surface area (TPSA) is 29.9 Å². The molecule has 4 saturated carbocycles. The van der Waals surface area contributed by atoms with Crippen molar-refractivity contribution in [1.29, 1.82) is 0 Å². The van der Waals surface area contributed by atoms with Gasteiger partial charge in [0.1, 0.15) is 0 Å². The highest BCUT2D eigenvalue weighted by atomic mass is 15.3. The van der Waals surface area contributed by atoms with Gasteiger partial charge in [-0.25, -0.2) is 0 Å². The van der Waals surface area contributed by atoms with Crippen LogP contribution in [0.5, 0.6) is 0 Å². The molecule has 1 heterocycles. The van der Waals surface area contributed by atoms with E-state index in [9.17, 15) is 0 Å². The summed E-state index contributed by atoms with van der Waals surface area (Å²) in [5.41, 5.74) is 1.71. The van der Waals surface area contributed by atoms with Gasteiger partial charge in [0.2, 0.25) is 0 Å². The summed E-state index contributed by atoms with van der Waals surface area (Å²) < 4.78 is 2.35. The van der Waals surface area contributed by atoms with E-state index < -0.39 is 0 Å². The zero-order chi connectivity index (χ0) is 13.0. The van der Waals surface area contributed by atoms with Crippen LogP contribution in [0.15, 0.2) is 12.4 Å². The molecule has 4 fully saturated rings. The molecule has 4 aliphatic rings. The molecule has 0 aliphatic heterocycles. The molecule has 104 valence electrons. The van der Waals surface area contributed by atoms with Gasteiger partial charge in [-0.2, -0.15) is 5.10 Å². The number of hydrogen-bond acceptors (Lipinski definition) is 2. The number of nitrogens with one attached hydrogen (secondary N) is 1. The molecule has 4 bridgehead atoms. The molecular weight excluding hydrogens is 234 g/mol. The molecule has 0 saturated heterocycles. The van der Waals surface area contributed by atoms with Crippen molar-refractivity contribution in [2.75, 3.05) is 7.05 Å². The fourth-order valence-corrected chi connectivity index (χ4v) is 5.33. The van der Waals surface area contributed by atoms with Gasteiger partial charge < -0.3 is 5.32 Å². The molecule has 1 atom stereocenters. The molecule has 1 aromatic heterocycles. The predicted molar refractivity (Wildman–Crippen MR) is 75.8 cm³/mol. The number of rotatable bonds is 3. The fourth-order valence-electron chi connectivity index (χ4n) is 5.33. The van der Waals surface area contributed by atoms with Crippen LogP contribution < -0.4 is 5.32 Å². The summed E-state index contributed by atoms with van der Waals surface area (Å²) in [4.78, 5) is 0. The zero-order valence-corrected chi connectivity index (χ0v) is 12.1. The van der Waals surface area contributed by atoms with Gasteiger partial charge in [-0.3, -0.25) is 4.68 Å². The summed E-state index contributed by atoms with van der Waals surface area (Å²) in [7, 11) is 2.02. The Morgan fingerprint density at radius 2 is 1.79 bits per heavy atom. The molecule has 1 unspecified atom stereocenters. The largest absolute Gasteiger partial charge is 0.313 e. The molecule has 1 N–H and O–H groups in total. The molecule has 5 rings (SSSR count). The maximum Gasteiger partial charge on any atom is 0.0635 e. The van der Waals surface area contributed by atoms with Crippen molar-refractivity contribution in [2.45, 2.75) is 57.0 Å². The minimum Gasteiger partial charge on any atom is -0.313 e. The summed E-state index contributed by atoms with van der Waals surface area (Å²) in [6.07, 6.45) is 13.0. The normalized spacial score (nSPS) is 41.7. The SMILES string of the molecule is CNC(C)c1cnn(C23CC4CC(CC(C4)C2)C3)c1. The Hall–Kier alpha value is -0.830. The second-order valence-electron chi connectivity index (χ2n) is 7.37. The van der Waals surface area contributed by atoms with Crippen LogP contribution in [0.2, 0.25) is 0 Å². The Bertz CT molecular complexity index is 441. The van der Waals surface area contributed by atoms with Gasteiger partial charge >= 0.3 is 0 Å². The van der Waals surface area contributed by atoms with E-state index in [1.165, 1.54) is 44.1 Å². The molecule has 0 aromatic carbocycles. The molecule has 0 spiro atoms. The minimum absolute atomic E-state index is 0.375. The van der Waals surface area contributed by atoms with Crippen LogP contribution in [0.3, 0.4) is 0 Å². The highest BCUT2D eigenvalue weighted by Crippen LogP contribution is 2.58. The van der Waals surface area contributed by atoms with Gasteiger partial charge in [-0.05, 0) is 70.3 Å². The lowest BCUT2D eigenvalue weighted by Gasteiger charge is -2.56. The third-order valence-corrected chi connectivity index (χ3v) is 6.03. The van der Waals surface area contributed by atoms with E-state index >= 15 is 0 Å². The van der Waals surface area contributed by atoms with Crippen LogP contribution in [0.25, 0.3) is 0 Å². The van der Waals surface area contributed by atoms with E-state index in [2.05, 4.69) is 29.3 Å². The average Bonchev–Trinajstić information content (AvgIpc) is 2.86. The van der Waals surface area contributed by atoms with Crippen LogP contribution in [0, 0.1) is 17.8 Å². The van der Waals surface area contributed by atoms with E-state index in [4.69, 9.17) is 5.10 Å². The highest BCUT2D eigenvalue weighted by molar-refractivity contribution is 5.13. The van der Waals surface area contributed by atoms with Crippen molar-refractivity contribution in [3.8, 4) is 0 Å². The van der Waals surface area contributed by atoms with Gasteiger partial charge in [0.25, 0.3) is 0 Å². The third kappa shape index (κ3) is 1.78. The summed E-state index contributed by atoms with van der Waals surface area (Å²) >= 11 is 0. The van der Waals surface area contributed by atoms with E-state index in [-0.39, 0.29) is 0 Å². The van der Waals surface area contributed by atoms with Crippen molar-refractivity contribution >= 4 is 0 Å². The summed E-state index contributed by atoms with van der Waals surface area (Å²) in [5, 5.41) is 8.07. The van der Waals surface area contributed by atoms with Crippen LogP contribution in [-0.4, -0.2) is 16.8 Å². The van der Waals surface area contributed by atoms with Crippen LogP contribution in [0.4, 0.5) is 0 Å². The molecule has 3 heteroatoms. The number of aromatic nitrogens is 2. The Kier molecular flexibility index (Phi) is 2.57. The Morgan fingerprint density at radius 3 is 2.32 bits per heavy atom. The quantitative estimate of drug-likeness (QED) is 0.904. The lowest BCUT2D eigenvalue weighted by molar-refractivity contribution is -0.0494. The molecule has 19 heavy (non-hydrogen) atoms. The molecule has 3 nitrogen and oxygen atoms in total. The van der Waals surface area contributed by atoms with Crippen molar-refractivity contribution in [1.82, 2.24) is 15.1 Å². The molecule has 0 radical (unpaired) electrons. The van der Waals surface area contributed by atoms with Crippen molar-refractivity contribution in [3.05, 3.63) is 18.0 Å². The van der Waals surface area contributed by atoms with Crippen molar-refractivity contribution in [2.24, 2.45) is 17.8 Å². The molecule has 4 aliphatic carbocycles. The van der Waals surface area contributed by atoms with E-state index in [0.717, 1.165) is 17.8 Å². The van der Waals surface area contributed by atoms with Gasteiger partial charge in [0, 0.05) is 17.8 Å². The number of hydrogen-bond donors (Lipinski definition) is 1. The van der Waals surface area contributed by atoms with Gasteiger partial charge in [0.05, 0.1) is 11.7 Å². The van der Waals surface area contributed by atoms with Gasteiger partial charge in [-0.15, -0.1) is 0 Å². The predicted octanol–water partition coefficient (Wildman–Crippen LogP) is 3.09. The Morgan fingerprint density at radius 1 is 1.21 bits per heavy atom. The molecular formula is C16H25N3. The lowest BCUT2D eigenvalue weighted by atomic mass is 9.53. The fraction of sp³-hybridized carbons (Fsp3) is 0.812. The van der Waals surface area contributed by atoms with E-state index in [0.29, 0.717) is 11.6 Å². The Labute approximate surface area is 115 Å². The standard InChI is InChI=1S/C16H25N3/c1-11(17-2)15-9-18-19(10-15)16-6-12-3-13(7-16)5-14(4-12)8-16/h9-14,17H,3-8H2,1-2H3. The lowest BCUT2D eigenvalue weighted by Crippen LogP contribution is -2.52. The second kappa shape index (κ2) is 4.08. The first kappa shape index (κ1) is 12.0. The van der Waals surface area contributed by atoms with Crippen molar-refractivity contribution < 1.29 is 0 Å². The third-order valence-electron chi connectivity index (χ3n) is 6.03. The maximum absolute atomic E-state index is 4.75. The maximum atomic E-state index is 4.75. The first-order valence-corrected chi connectivity index (χ1v) is 7.91. The first-order valence-electron chi connectivity index (χ1n) is 7.91. The van der Waals surface area contributed by atoms with Crippen LogP contribution in [-0.2, 0) is 5.54 Å².